The van der Waals surface area contributed by atoms with E-state index in [4.69, 9.17) is 23.7 Å². The van der Waals surface area contributed by atoms with Gasteiger partial charge in [0.1, 0.15) is 30.3 Å². The monoisotopic (exact) mass is 534 g/mol. The molecule has 38 heavy (non-hydrogen) atoms. The van der Waals surface area contributed by atoms with Crippen molar-refractivity contribution in [1.82, 2.24) is 0 Å². The second-order valence-electron chi connectivity index (χ2n) is 12.0. The van der Waals surface area contributed by atoms with Crippen LogP contribution in [0.15, 0.2) is 12.2 Å². The minimum atomic E-state index is -1.41. The van der Waals surface area contributed by atoms with Crippen molar-refractivity contribution in [2.24, 2.45) is 34.0 Å². The van der Waals surface area contributed by atoms with E-state index in [9.17, 15) is 24.0 Å². The van der Waals surface area contributed by atoms with Gasteiger partial charge in [-0.3, -0.25) is 24.0 Å². The van der Waals surface area contributed by atoms with E-state index in [1.807, 2.05) is 13.8 Å². The fourth-order valence-corrected chi connectivity index (χ4v) is 8.16. The molecule has 8 atom stereocenters. The van der Waals surface area contributed by atoms with Gasteiger partial charge in [-0.05, 0) is 42.6 Å². The van der Waals surface area contributed by atoms with Crippen LogP contribution >= 0.6 is 0 Å². The van der Waals surface area contributed by atoms with E-state index in [0.717, 1.165) is 0 Å². The van der Waals surface area contributed by atoms with Crippen molar-refractivity contribution in [2.45, 2.75) is 85.5 Å². The normalized spacial score (nSPS) is 39.0. The van der Waals surface area contributed by atoms with E-state index in [1.165, 1.54) is 27.7 Å². The van der Waals surface area contributed by atoms with Gasteiger partial charge in [-0.2, -0.15) is 0 Å². The largest absolute Gasteiger partial charge is 0.466 e. The van der Waals surface area contributed by atoms with E-state index < -0.39 is 76.2 Å². The molecule has 0 aromatic heterocycles. The standard InChI is InChI=1S/C28H38O10/c1-14-19-10-20(36-16(3)30)23-27(11-19,24(14)38-18(5)32)25(33)35-13-28(23)21(12-34-15(2)29)26(6,7)9-8-22(28)37-17(4)31/h19-24H,1,8-13H2,2-7H3/t19-,20?,21-,22+,23-,24?,27+,28+/m1/s1. The van der Waals surface area contributed by atoms with Crippen LogP contribution in [0, 0.1) is 34.0 Å². The van der Waals surface area contributed by atoms with Crippen LogP contribution in [0.3, 0.4) is 0 Å². The first-order valence-corrected chi connectivity index (χ1v) is 13.2. The summed E-state index contributed by atoms with van der Waals surface area (Å²) in [5.41, 5.74) is -2.39. The van der Waals surface area contributed by atoms with Crippen LogP contribution in [-0.4, -0.2) is 61.4 Å². The first kappa shape index (κ1) is 28.1. The molecule has 0 N–H and O–H groups in total. The summed E-state index contributed by atoms with van der Waals surface area (Å²) in [5.74, 6) is -4.10. The molecule has 1 heterocycles. The molecule has 4 fully saturated rings. The van der Waals surface area contributed by atoms with Crippen molar-refractivity contribution in [1.29, 1.82) is 0 Å². The van der Waals surface area contributed by atoms with E-state index in [2.05, 4.69) is 6.58 Å². The summed E-state index contributed by atoms with van der Waals surface area (Å²) in [6.45, 7) is 13.3. The summed E-state index contributed by atoms with van der Waals surface area (Å²) in [7, 11) is 0. The van der Waals surface area contributed by atoms with Crippen LogP contribution in [0.25, 0.3) is 0 Å². The van der Waals surface area contributed by atoms with Gasteiger partial charge in [0.2, 0.25) is 0 Å². The number of hydrogen-bond donors (Lipinski definition) is 0. The van der Waals surface area contributed by atoms with E-state index in [-0.39, 0.29) is 19.1 Å². The van der Waals surface area contributed by atoms with Gasteiger partial charge in [-0.15, -0.1) is 0 Å². The molecule has 4 aliphatic rings. The maximum Gasteiger partial charge on any atom is 0.316 e. The zero-order chi connectivity index (χ0) is 28.2. The molecule has 3 aliphatic carbocycles. The average molecular weight is 535 g/mol. The maximum atomic E-state index is 13.9. The molecule has 2 bridgehead atoms. The Hall–Kier alpha value is -2.91. The molecule has 0 amide bonds. The van der Waals surface area contributed by atoms with Gasteiger partial charge in [0.15, 0.2) is 0 Å². The minimum Gasteiger partial charge on any atom is -0.466 e. The topological polar surface area (TPSA) is 132 Å². The predicted molar refractivity (Wildman–Crippen MR) is 131 cm³/mol. The van der Waals surface area contributed by atoms with Gasteiger partial charge < -0.3 is 23.7 Å². The Morgan fingerprint density at radius 1 is 0.974 bits per heavy atom. The number of carbonyl (C=O) groups excluding carboxylic acids is 5. The van der Waals surface area contributed by atoms with Crippen molar-refractivity contribution >= 4 is 29.8 Å². The number of carbonyl (C=O) groups is 5. The van der Waals surface area contributed by atoms with E-state index >= 15 is 0 Å². The fraction of sp³-hybridized carbons (Fsp3) is 0.750. The highest BCUT2D eigenvalue weighted by atomic mass is 16.6. The van der Waals surface area contributed by atoms with Gasteiger partial charge in [0.05, 0.1) is 12.0 Å². The average Bonchev–Trinajstić information content (AvgIpc) is 2.99. The summed E-state index contributed by atoms with van der Waals surface area (Å²) >= 11 is 0. The zero-order valence-corrected chi connectivity index (χ0v) is 23.0. The van der Waals surface area contributed by atoms with Crippen LogP contribution < -0.4 is 0 Å². The van der Waals surface area contributed by atoms with E-state index in [1.54, 1.807) is 0 Å². The number of hydrogen-bond acceptors (Lipinski definition) is 10. The Morgan fingerprint density at radius 3 is 2.18 bits per heavy atom. The summed E-state index contributed by atoms with van der Waals surface area (Å²) in [4.78, 5) is 62.9. The minimum absolute atomic E-state index is 0.0143. The molecule has 1 saturated heterocycles. The number of cyclic esters (lactones) is 1. The second-order valence-corrected chi connectivity index (χ2v) is 12.0. The third-order valence-corrected chi connectivity index (χ3v) is 9.37. The molecule has 4 rings (SSSR count). The quantitative estimate of drug-likeness (QED) is 0.295. The van der Waals surface area contributed by atoms with Gasteiger partial charge >= 0.3 is 29.8 Å². The maximum absolute atomic E-state index is 13.9. The molecule has 0 aromatic carbocycles. The second kappa shape index (κ2) is 9.68. The van der Waals surface area contributed by atoms with Crippen molar-refractivity contribution in [3.63, 3.8) is 0 Å². The van der Waals surface area contributed by atoms with Crippen LogP contribution in [0.2, 0.25) is 0 Å². The third-order valence-electron chi connectivity index (χ3n) is 9.37. The van der Waals surface area contributed by atoms with Gasteiger partial charge in [-0.25, -0.2) is 0 Å². The number of esters is 5. The molecule has 0 radical (unpaired) electrons. The lowest BCUT2D eigenvalue weighted by Crippen LogP contribution is -2.72. The van der Waals surface area contributed by atoms with Crippen molar-refractivity contribution in [3.8, 4) is 0 Å². The summed E-state index contributed by atoms with van der Waals surface area (Å²) < 4.78 is 29.2. The third kappa shape index (κ3) is 4.29. The highest BCUT2D eigenvalue weighted by Crippen LogP contribution is 2.70. The Balaban J connectivity index is 2.00. The van der Waals surface area contributed by atoms with Gasteiger partial charge in [-0.1, -0.05) is 20.4 Å². The lowest BCUT2D eigenvalue weighted by molar-refractivity contribution is -0.278. The van der Waals surface area contributed by atoms with Crippen LogP contribution in [-0.2, 0) is 47.7 Å². The lowest BCUT2D eigenvalue weighted by Gasteiger charge is -2.64. The number of ether oxygens (including phenoxy) is 5. The molecule has 210 valence electrons. The molecular weight excluding hydrogens is 496 g/mol. The molecular formula is C28H38O10. The Labute approximate surface area is 222 Å². The summed E-state index contributed by atoms with van der Waals surface area (Å²) in [6.07, 6.45) is -0.743. The Bertz CT molecular complexity index is 1060. The first-order chi connectivity index (χ1) is 17.7. The van der Waals surface area contributed by atoms with Crippen molar-refractivity contribution in [3.05, 3.63) is 12.2 Å². The molecule has 2 unspecified atom stereocenters. The Kier molecular flexibility index (Phi) is 7.16. The summed E-state index contributed by atoms with van der Waals surface area (Å²) in [6, 6.07) is 0. The number of fused-ring (bicyclic) bond motifs is 2. The first-order valence-electron chi connectivity index (χ1n) is 13.2. The van der Waals surface area contributed by atoms with Gasteiger partial charge in [0.25, 0.3) is 0 Å². The van der Waals surface area contributed by atoms with E-state index in [0.29, 0.717) is 31.3 Å². The SMILES string of the molecule is C=C1C(OC(C)=O)[C@]23C[C@H]1CC(OC(C)=O)[C@H]2[C@]1(COC3=O)[C@@H](OC(C)=O)CCC(C)(C)[C@H]1COC(C)=O. The smallest absolute Gasteiger partial charge is 0.316 e. The van der Waals surface area contributed by atoms with Crippen molar-refractivity contribution < 1.29 is 47.7 Å². The molecule has 10 heteroatoms. The molecule has 3 saturated carbocycles. The zero-order valence-electron chi connectivity index (χ0n) is 23.0. The van der Waals surface area contributed by atoms with Crippen molar-refractivity contribution in [2.75, 3.05) is 13.2 Å². The number of rotatable bonds is 5. The molecule has 0 aromatic rings. The van der Waals surface area contributed by atoms with Gasteiger partial charge in [0, 0.05) is 39.5 Å². The Morgan fingerprint density at radius 2 is 1.61 bits per heavy atom. The highest BCUT2D eigenvalue weighted by molar-refractivity contribution is 5.83. The van der Waals surface area contributed by atoms with Crippen LogP contribution in [0.5, 0.6) is 0 Å². The fourth-order valence-electron chi connectivity index (χ4n) is 8.16. The summed E-state index contributed by atoms with van der Waals surface area (Å²) in [5, 5.41) is 0. The highest BCUT2D eigenvalue weighted by Gasteiger charge is 2.78. The molecule has 2 spiro atoms. The lowest BCUT2D eigenvalue weighted by atomic mass is 9.43. The van der Waals surface area contributed by atoms with Crippen LogP contribution in [0.4, 0.5) is 0 Å². The molecule has 1 aliphatic heterocycles. The van der Waals surface area contributed by atoms with Crippen LogP contribution in [0.1, 0.15) is 67.2 Å². The molecule has 10 nitrogen and oxygen atoms in total. The predicted octanol–water partition coefficient (Wildman–Crippen LogP) is 2.91.